The summed E-state index contributed by atoms with van der Waals surface area (Å²) in [6.07, 6.45) is 6.50. The molecule has 0 amide bonds. The van der Waals surface area contributed by atoms with Crippen molar-refractivity contribution in [2.75, 3.05) is 14.2 Å². The van der Waals surface area contributed by atoms with Gasteiger partial charge >= 0.3 is 0 Å². The number of hydrogen-bond donors (Lipinski definition) is 0. The second-order valence-electron chi connectivity index (χ2n) is 3.06. The van der Waals surface area contributed by atoms with Gasteiger partial charge in [0.1, 0.15) is 6.29 Å². The van der Waals surface area contributed by atoms with E-state index in [1.165, 1.54) is 19.3 Å². The van der Waals surface area contributed by atoms with Crippen LogP contribution in [0.2, 0.25) is 0 Å². The lowest BCUT2D eigenvalue weighted by Crippen LogP contribution is -2.05. The van der Waals surface area contributed by atoms with Crippen molar-refractivity contribution in [1.82, 2.24) is 0 Å². The van der Waals surface area contributed by atoms with Gasteiger partial charge in [0.2, 0.25) is 0 Å². The Hall–Kier alpha value is -0.410. The van der Waals surface area contributed by atoms with E-state index in [0.29, 0.717) is 0 Å². The smallest absolute Gasteiger partial charge is 0.154 e. The van der Waals surface area contributed by atoms with Crippen LogP contribution in [0.4, 0.5) is 0 Å². The lowest BCUT2D eigenvalue weighted by molar-refractivity contribution is -0.107. The zero-order chi connectivity index (χ0) is 11.2. The van der Waals surface area contributed by atoms with Crippen LogP contribution in [0.1, 0.15) is 46.0 Å². The Morgan fingerprint density at radius 2 is 1.71 bits per heavy atom. The number of rotatable bonds is 7. The average molecular weight is 204 g/mol. The molecule has 0 spiro atoms. The number of carbonyl (C=O) groups excluding carboxylic acids is 1. The molecule has 3 heteroatoms. The molecule has 0 bridgehead atoms. The van der Waals surface area contributed by atoms with Gasteiger partial charge in [0.25, 0.3) is 0 Å². The first kappa shape index (κ1) is 16.0. The lowest BCUT2D eigenvalue weighted by atomic mass is 10.2. The highest BCUT2D eigenvalue weighted by Gasteiger charge is 1.88. The topological polar surface area (TPSA) is 35.5 Å². The summed E-state index contributed by atoms with van der Waals surface area (Å²) >= 11 is 0. The fraction of sp³-hybridized carbons (Fsp3) is 0.909. The number of aldehydes is 1. The molecule has 0 fully saturated rings. The summed E-state index contributed by atoms with van der Waals surface area (Å²) in [7, 11) is 3.21. The van der Waals surface area contributed by atoms with Crippen LogP contribution < -0.4 is 0 Å². The zero-order valence-electron chi connectivity index (χ0n) is 9.91. The molecule has 3 nitrogen and oxygen atoms in total. The zero-order valence-corrected chi connectivity index (χ0v) is 9.91. The van der Waals surface area contributed by atoms with Crippen molar-refractivity contribution in [3.8, 4) is 0 Å². The normalized spacial score (nSPS) is 9.50. The summed E-state index contributed by atoms with van der Waals surface area (Å²) in [6, 6.07) is 0. The minimum absolute atomic E-state index is 0.0648. The van der Waals surface area contributed by atoms with Gasteiger partial charge in [0.15, 0.2) is 6.29 Å². The molecule has 0 heterocycles. The van der Waals surface area contributed by atoms with Crippen molar-refractivity contribution < 1.29 is 14.3 Å². The van der Waals surface area contributed by atoms with Gasteiger partial charge in [-0.2, -0.15) is 0 Å². The Balaban J connectivity index is 0. The Kier molecular flexibility index (Phi) is 17.3. The first-order valence-corrected chi connectivity index (χ1v) is 5.22. The predicted molar refractivity (Wildman–Crippen MR) is 58.3 cm³/mol. The van der Waals surface area contributed by atoms with E-state index in [0.717, 1.165) is 19.1 Å². The third kappa shape index (κ3) is 17.6. The molecule has 0 rings (SSSR count). The molecule has 0 unspecified atom stereocenters. The molecule has 0 radical (unpaired) electrons. The molecular weight excluding hydrogens is 180 g/mol. The minimum Gasteiger partial charge on any atom is -0.356 e. The van der Waals surface area contributed by atoms with Crippen molar-refractivity contribution in [2.45, 2.75) is 52.2 Å². The molecule has 0 saturated carbocycles. The van der Waals surface area contributed by atoms with Crippen molar-refractivity contribution in [1.29, 1.82) is 0 Å². The van der Waals surface area contributed by atoms with E-state index < -0.39 is 0 Å². The number of carbonyl (C=O) groups is 1. The third-order valence-electron chi connectivity index (χ3n) is 1.84. The lowest BCUT2D eigenvalue weighted by Gasteiger charge is -2.03. The summed E-state index contributed by atoms with van der Waals surface area (Å²) in [5.41, 5.74) is 0. The number of methoxy groups -OCH3 is 2. The van der Waals surface area contributed by atoms with Crippen LogP contribution in [0.3, 0.4) is 0 Å². The van der Waals surface area contributed by atoms with Crippen LogP contribution in [0.5, 0.6) is 0 Å². The summed E-state index contributed by atoms with van der Waals surface area (Å²) in [5.74, 6) is 0. The fourth-order valence-electron chi connectivity index (χ4n) is 0.751. The Morgan fingerprint density at radius 1 is 1.14 bits per heavy atom. The van der Waals surface area contributed by atoms with Crippen molar-refractivity contribution in [3.63, 3.8) is 0 Å². The standard InChI is InChI=1S/C7H14O.C4H10O2/c1-2-3-4-5-6-7-8;1-4(5-2)6-3/h7H,2-6H2,1H3;4H,1-3H3. The van der Waals surface area contributed by atoms with Crippen LogP contribution in [0.25, 0.3) is 0 Å². The van der Waals surface area contributed by atoms with Crippen molar-refractivity contribution in [2.24, 2.45) is 0 Å². The van der Waals surface area contributed by atoms with Gasteiger partial charge < -0.3 is 14.3 Å². The number of hydrogen-bond acceptors (Lipinski definition) is 3. The van der Waals surface area contributed by atoms with E-state index in [1.807, 2.05) is 6.92 Å². The second kappa shape index (κ2) is 15.1. The van der Waals surface area contributed by atoms with Crippen LogP contribution in [0, 0.1) is 0 Å². The van der Waals surface area contributed by atoms with E-state index in [9.17, 15) is 4.79 Å². The molecule has 0 saturated heterocycles. The van der Waals surface area contributed by atoms with Crippen LogP contribution in [-0.4, -0.2) is 26.8 Å². The maximum Gasteiger partial charge on any atom is 0.154 e. The maximum absolute atomic E-state index is 9.77. The van der Waals surface area contributed by atoms with E-state index in [2.05, 4.69) is 16.4 Å². The van der Waals surface area contributed by atoms with Gasteiger partial charge in [-0.1, -0.05) is 26.2 Å². The molecule has 0 aromatic rings. The first-order valence-electron chi connectivity index (χ1n) is 5.22. The highest BCUT2D eigenvalue weighted by molar-refractivity contribution is 5.48. The summed E-state index contributed by atoms with van der Waals surface area (Å²) in [6.45, 7) is 4.00. The molecule has 0 aliphatic heterocycles. The molecule has 0 N–H and O–H groups in total. The van der Waals surface area contributed by atoms with E-state index in [1.54, 1.807) is 14.2 Å². The maximum atomic E-state index is 9.77. The molecule has 0 aliphatic carbocycles. The largest absolute Gasteiger partial charge is 0.356 e. The average Bonchev–Trinajstić information content (AvgIpc) is 2.24. The fourth-order valence-corrected chi connectivity index (χ4v) is 0.751. The van der Waals surface area contributed by atoms with E-state index in [4.69, 9.17) is 0 Å². The Bertz CT molecular complexity index is 101. The van der Waals surface area contributed by atoms with Gasteiger partial charge in [-0.25, -0.2) is 0 Å². The van der Waals surface area contributed by atoms with Crippen LogP contribution >= 0.6 is 0 Å². The van der Waals surface area contributed by atoms with Gasteiger partial charge in [-0.3, -0.25) is 0 Å². The van der Waals surface area contributed by atoms with Crippen LogP contribution in [-0.2, 0) is 14.3 Å². The number of ether oxygens (including phenoxy) is 2. The van der Waals surface area contributed by atoms with E-state index >= 15 is 0 Å². The molecule has 0 atom stereocenters. The molecule has 0 aromatic carbocycles. The minimum atomic E-state index is -0.0648. The summed E-state index contributed by atoms with van der Waals surface area (Å²) in [4.78, 5) is 9.77. The molecule has 0 aliphatic rings. The second-order valence-corrected chi connectivity index (χ2v) is 3.06. The van der Waals surface area contributed by atoms with E-state index in [-0.39, 0.29) is 6.29 Å². The first-order chi connectivity index (χ1) is 6.72. The van der Waals surface area contributed by atoms with Gasteiger partial charge in [0, 0.05) is 20.6 Å². The quantitative estimate of drug-likeness (QED) is 0.363. The van der Waals surface area contributed by atoms with Crippen molar-refractivity contribution in [3.05, 3.63) is 0 Å². The monoisotopic (exact) mass is 204 g/mol. The third-order valence-corrected chi connectivity index (χ3v) is 1.84. The highest BCUT2D eigenvalue weighted by atomic mass is 16.7. The molecule has 86 valence electrons. The van der Waals surface area contributed by atoms with Gasteiger partial charge in [-0.05, 0) is 13.3 Å². The summed E-state index contributed by atoms with van der Waals surface area (Å²) in [5, 5.41) is 0. The molecule has 0 aromatic heterocycles. The number of unbranched alkanes of at least 4 members (excludes halogenated alkanes) is 4. The Morgan fingerprint density at radius 3 is 2.00 bits per heavy atom. The molecule has 14 heavy (non-hydrogen) atoms. The van der Waals surface area contributed by atoms with Gasteiger partial charge in [-0.15, -0.1) is 0 Å². The summed E-state index contributed by atoms with van der Waals surface area (Å²) < 4.78 is 9.35. The Labute approximate surface area is 87.8 Å². The van der Waals surface area contributed by atoms with Crippen LogP contribution in [0.15, 0.2) is 0 Å². The van der Waals surface area contributed by atoms with Gasteiger partial charge in [0.05, 0.1) is 0 Å². The molecular formula is C11H24O3. The van der Waals surface area contributed by atoms with Crippen molar-refractivity contribution >= 4 is 6.29 Å². The predicted octanol–water partition coefficient (Wildman–Crippen LogP) is 2.78. The highest BCUT2D eigenvalue weighted by Crippen LogP contribution is 1.99. The SMILES string of the molecule is CCCCCCC=O.COC(C)OC.